The molecule has 4 N–H and O–H groups in total. The van der Waals surface area contributed by atoms with E-state index < -0.39 is 5.91 Å². The summed E-state index contributed by atoms with van der Waals surface area (Å²) < 4.78 is 5.41. The minimum atomic E-state index is -0.541. The van der Waals surface area contributed by atoms with E-state index in [0.29, 0.717) is 43.9 Å². The van der Waals surface area contributed by atoms with E-state index in [-0.39, 0.29) is 18.7 Å². The monoisotopic (exact) mass is 372 g/mol. The summed E-state index contributed by atoms with van der Waals surface area (Å²) in [6, 6.07) is 10.1. The van der Waals surface area contributed by atoms with Crippen LogP contribution >= 0.6 is 0 Å². The van der Waals surface area contributed by atoms with Crippen LogP contribution in [0.4, 0.5) is 10.5 Å². The molecule has 0 spiro atoms. The number of furan rings is 1. The number of primary amides is 1. The van der Waals surface area contributed by atoms with Gasteiger partial charge in [0.15, 0.2) is 0 Å². The first-order valence-corrected chi connectivity index (χ1v) is 8.90. The lowest BCUT2D eigenvalue weighted by atomic mass is 10.1. The average molecular weight is 372 g/mol. The molecule has 1 aromatic heterocycles. The Morgan fingerprint density at radius 2 is 2.11 bits per heavy atom. The van der Waals surface area contributed by atoms with E-state index in [0.717, 1.165) is 5.76 Å². The third kappa shape index (κ3) is 4.87. The number of carbonyl (C=O) groups excluding carboxylic acids is 2. The Labute approximate surface area is 157 Å². The largest absolute Gasteiger partial charge is 0.468 e. The number of aliphatic hydroxyl groups excluding tert-OH is 1. The number of amides is 3. The molecule has 2 heterocycles. The van der Waals surface area contributed by atoms with E-state index >= 15 is 0 Å². The van der Waals surface area contributed by atoms with Gasteiger partial charge in [0.1, 0.15) is 5.76 Å². The van der Waals surface area contributed by atoms with Crippen LogP contribution in [-0.4, -0.2) is 59.1 Å². The maximum absolute atomic E-state index is 12.6. The second kappa shape index (κ2) is 8.70. The van der Waals surface area contributed by atoms with Crippen LogP contribution in [0, 0.1) is 0 Å². The van der Waals surface area contributed by atoms with Crippen molar-refractivity contribution in [3.8, 4) is 0 Å². The van der Waals surface area contributed by atoms with E-state index in [1.54, 1.807) is 35.4 Å². The Balaban J connectivity index is 1.62. The van der Waals surface area contributed by atoms with Crippen LogP contribution in [0.1, 0.15) is 22.5 Å². The molecule has 2 aromatic rings. The highest BCUT2D eigenvalue weighted by molar-refractivity contribution is 5.95. The highest BCUT2D eigenvalue weighted by atomic mass is 16.3. The van der Waals surface area contributed by atoms with Crippen molar-refractivity contribution in [2.75, 3.05) is 31.6 Å². The van der Waals surface area contributed by atoms with Crippen molar-refractivity contribution in [2.45, 2.75) is 19.0 Å². The molecule has 0 radical (unpaired) electrons. The van der Waals surface area contributed by atoms with Gasteiger partial charge in [0.25, 0.3) is 0 Å². The maximum atomic E-state index is 12.6. The molecule has 3 amide bonds. The number of aliphatic hydroxyl groups is 1. The van der Waals surface area contributed by atoms with Crippen LogP contribution in [0.3, 0.4) is 0 Å². The van der Waals surface area contributed by atoms with Gasteiger partial charge in [-0.3, -0.25) is 9.69 Å². The molecule has 8 heteroatoms. The molecular formula is C19H24N4O4. The van der Waals surface area contributed by atoms with Gasteiger partial charge in [-0.25, -0.2) is 4.79 Å². The molecule has 27 heavy (non-hydrogen) atoms. The normalized spacial score (nSPS) is 17.7. The third-order valence-corrected chi connectivity index (χ3v) is 4.69. The molecule has 8 nitrogen and oxygen atoms in total. The van der Waals surface area contributed by atoms with E-state index in [1.807, 2.05) is 12.1 Å². The predicted molar refractivity (Wildman–Crippen MR) is 100 cm³/mol. The van der Waals surface area contributed by atoms with Crippen molar-refractivity contribution in [2.24, 2.45) is 5.73 Å². The number of nitrogens with one attached hydrogen (secondary N) is 1. The molecule has 1 aromatic carbocycles. The molecule has 1 fully saturated rings. The Hall–Kier alpha value is -2.84. The van der Waals surface area contributed by atoms with Crippen LogP contribution in [0.5, 0.6) is 0 Å². The zero-order valence-corrected chi connectivity index (χ0v) is 15.0. The lowest BCUT2D eigenvalue weighted by Crippen LogP contribution is -2.55. The van der Waals surface area contributed by atoms with Gasteiger partial charge < -0.3 is 25.5 Å². The summed E-state index contributed by atoms with van der Waals surface area (Å²) in [5.41, 5.74) is 6.14. The van der Waals surface area contributed by atoms with Crippen molar-refractivity contribution >= 4 is 17.6 Å². The first kappa shape index (κ1) is 18.9. The number of hydrogen-bond donors (Lipinski definition) is 3. The molecule has 0 saturated carbocycles. The fraction of sp³-hybridized carbons (Fsp3) is 0.368. The van der Waals surface area contributed by atoms with Crippen LogP contribution in [-0.2, 0) is 6.54 Å². The van der Waals surface area contributed by atoms with Gasteiger partial charge in [-0.15, -0.1) is 0 Å². The van der Waals surface area contributed by atoms with E-state index in [4.69, 9.17) is 10.2 Å². The summed E-state index contributed by atoms with van der Waals surface area (Å²) >= 11 is 0. The lowest BCUT2D eigenvalue weighted by Gasteiger charge is -2.41. The molecule has 3 rings (SSSR count). The zero-order valence-electron chi connectivity index (χ0n) is 15.0. The predicted octanol–water partition coefficient (Wildman–Crippen LogP) is 1.48. The number of anilines is 1. The first-order chi connectivity index (χ1) is 13.1. The molecule has 1 unspecified atom stereocenters. The van der Waals surface area contributed by atoms with Crippen molar-refractivity contribution in [3.05, 3.63) is 54.0 Å². The van der Waals surface area contributed by atoms with Crippen LogP contribution in [0.25, 0.3) is 0 Å². The molecular weight excluding hydrogens is 348 g/mol. The van der Waals surface area contributed by atoms with Gasteiger partial charge in [0.2, 0.25) is 5.91 Å². The van der Waals surface area contributed by atoms with E-state index in [1.165, 1.54) is 0 Å². The summed E-state index contributed by atoms with van der Waals surface area (Å²) in [6.07, 6.45) is 2.21. The average Bonchev–Trinajstić information content (AvgIpc) is 3.16. The number of hydrogen-bond acceptors (Lipinski definition) is 5. The lowest BCUT2D eigenvalue weighted by molar-refractivity contribution is 0.0669. The van der Waals surface area contributed by atoms with E-state index in [9.17, 15) is 14.7 Å². The fourth-order valence-corrected chi connectivity index (χ4v) is 3.26. The number of nitrogens with two attached hydrogens (primary N) is 1. The smallest absolute Gasteiger partial charge is 0.321 e. The van der Waals surface area contributed by atoms with Gasteiger partial charge in [0, 0.05) is 43.5 Å². The molecule has 1 aliphatic heterocycles. The summed E-state index contributed by atoms with van der Waals surface area (Å²) in [5.74, 6) is 0.319. The number of benzene rings is 1. The molecule has 1 aliphatic rings. The summed E-state index contributed by atoms with van der Waals surface area (Å²) in [4.78, 5) is 27.8. The molecule has 1 atom stereocenters. The Bertz CT molecular complexity index is 778. The minimum absolute atomic E-state index is 0.0385. The first-order valence-electron chi connectivity index (χ1n) is 8.90. The van der Waals surface area contributed by atoms with Gasteiger partial charge in [0.05, 0.1) is 12.8 Å². The Kier molecular flexibility index (Phi) is 6.10. The van der Waals surface area contributed by atoms with E-state index in [2.05, 4.69) is 10.2 Å². The van der Waals surface area contributed by atoms with Crippen LogP contribution in [0.15, 0.2) is 47.1 Å². The van der Waals surface area contributed by atoms with Crippen molar-refractivity contribution in [1.29, 1.82) is 0 Å². The standard InChI is InChI=1S/C19H24N4O4/c20-18(25)14-3-1-4-15(11-14)21-19(26)23-8-7-22(16(12-23)6-9-24)13-17-5-2-10-27-17/h1-5,10-11,16,24H,6-9,12-13H2,(H2,20,25)(H,21,26). The van der Waals surface area contributed by atoms with Crippen molar-refractivity contribution < 1.29 is 19.1 Å². The van der Waals surface area contributed by atoms with Gasteiger partial charge >= 0.3 is 6.03 Å². The number of nitrogens with zero attached hydrogens (tertiary/aromatic N) is 2. The second-order valence-corrected chi connectivity index (χ2v) is 6.54. The van der Waals surface area contributed by atoms with Gasteiger partial charge in [-0.1, -0.05) is 6.07 Å². The van der Waals surface area contributed by atoms with Gasteiger partial charge in [-0.2, -0.15) is 0 Å². The molecule has 1 saturated heterocycles. The number of rotatable bonds is 6. The third-order valence-electron chi connectivity index (χ3n) is 4.69. The Morgan fingerprint density at radius 3 is 2.81 bits per heavy atom. The molecule has 0 aliphatic carbocycles. The zero-order chi connectivity index (χ0) is 19.2. The summed E-state index contributed by atoms with van der Waals surface area (Å²) in [6.45, 7) is 2.44. The number of urea groups is 1. The van der Waals surface area contributed by atoms with Crippen LogP contribution in [0.2, 0.25) is 0 Å². The Morgan fingerprint density at radius 1 is 1.26 bits per heavy atom. The second-order valence-electron chi connectivity index (χ2n) is 6.54. The highest BCUT2D eigenvalue weighted by Crippen LogP contribution is 2.18. The van der Waals surface area contributed by atoms with Crippen LogP contribution < -0.4 is 11.1 Å². The highest BCUT2D eigenvalue weighted by Gasteiger charge is 2.29. The quantitative estimate of drug-likeness (QED) is 0.711. The molecule has 0 bridgehead atoms. The maximum Gasteiger partial charge on any atom is 0.321 e. The fourth-order valence-electron chi connectivity index (χ4n) is 3.26. The van der Waals surface area contributed by atoms with Crippen molar-refractivity contribution in [3.63, 3.8) is 0 Å². The number of piperazine rings is 1. The topological polar surface area (TPSA) is 112 Å². The summed E-state index contributed by atoms with van der Waals surface area (Å²) in [7, 11) is 0. The van der Waals surface area contributed by atoms with Gasteiger partial charge in [-0.05, 0) is 36.8 Å². The number of carbonyl (C=O) groups is 2. The van der Waals surface area contributed by atoms with Crippen molar-refractivity contribution in [1.82, 2.24) is 9.80 Å². The SMILES string of the molecule is NC(=O)c1cccc(NC(=O)N2CCN(Cc3ccco3)C(CCO)C2)c1. The molecule has 144 valence electrons. The minimum Gasteiger partial charge on any atom is -0.468 e. The summed E-state index contributed by atoms with van der Waals surface area (Å²) in [5, 5.41) is 12.2.